The van der Waals surface area contributed by atoms with Crippen LogP contribution in [0.15, 0.2) is 23.2 Å². The van der Waals surface area contributed by atoms with Crippen LogP contribution in [-0.2, 0) is 0 Å². The van der Waals surface area contributed by atoms with Crippen LogP contribution in [0.5, 0.6) is 0 Å². The van der Waals surface area contributed by atoms with Crippen LogP contribution in [-0.4, -0.2) is 29.1 Å². The Morgan fingerprint density at radius 2 is 1.45 bits per heavy atom. The molecule has 22 heavy (non-hydrogen) atoms. The van der Waals surface area contributed by atoms with Crippen molar-refractivity contribution in [2.45, 2.75) is 84.4 Å². The number of hydrogen-bond donors (Lipinski definition) is 0. The quantitative estimate of drug-likeness (QED) is 0.288. The number of rotatable bonds is 12. The fourth-order valence-electron chi connectivity index (χ4n) is 3.34. The normalized spacial score (nSPS) is 11.8. The molecule has 0 saturated heterocycles. The topological polar surface area (TPSA) is 12.9 Å². The van der Waals surface area contributed by atoms with Gasteiger partial charge in [0.1, 0.15) is 0 Å². The van der Waals surface area contributed by atoms with E-state index in [-0.39, 0.29) is 0 Å². The fraction of sp³-hybridized carbons (Fsp3) is 0.737. The number of thioether (sulfide) groups is 1. The van der Waals surface area contributed by atoms with Crippen molar-refractivity contribution in [3.63, 3.8) is 0 Å². The Morgan fingerprint density at radius 1 is 0.909 bits per heavy atom. The summed E-state index contributed by atoms with van der Waals surface area (Å²) in [6.45, 7) is 9.30. The summed E-state index contributed by atoms with van der Waals surface area (Å²) in [6, 6.07) is 4.48. The Kier molecular flexibility index (Phi) is 10.9. The summed E-state index contributed by atoms with van der Waals surface area (Å²) in [5, 5.41) is 0. The molecule has 0 aliphatic heterocycles. The summed E-state index contributed by atoms with van der Waals surface area (Å²) < 4.78 is 6.15. The molecule has 0 N–H and O–H groups in total. The van der Waals surface area contributed by atoms with Crippen molar-refractivity contribution in [1.82, 2.24) is 4.98 Å². The second-order valence-corrected chi connectivity index (χ2v) is 20.6. The minimum atomic E-state index is -2.35. The summed E-state index contributed by atoms with van der Waals surface area (Å²) in [5.74, 6) is 1.16. The molecule has 0 radical (unpaired) electrons. The van der Waals surface area contributed by atoms with Crippen LogP contribution in [0.4, 0.5) is 0 Å². The van der Waals surface area contributed by atoms with Gasteiger partial charge in [-0.2, -0.15) is 0 Å². The Balaban J connectivity index is 3.18. The number of unbranched alkanes of at least 4 members (excludes halogenated alkanes) is 3. The van der Waals surface area contributed by atoms with E-state index in [1.54, 1.807) is 3.71 Å². The molecule has 0 unspecified atom stereocenters. The summed E-state index contributed by atoms with van der Waals surface area (Å²) in [4.78, 5) is 6.52. The van der Waals surface area contributed by atoms with Crippen LogP contribution in [0.2, 0.25) is 13.3 Å². The molecule has 1 rings (SSSR count). The van der Waals surface area contributed by atoms with E-state index in [2.05, 4.69) is 46.0 Å². The van der Waals surface area contributed by atoms with Crippen LogP contribution in [0.25, 0.3) is 0 Å². The van der Waals surface area contributed by atoms with Crippen LogP contribution >= 0.6 is 11.8 Å². The van der Waals surface area contributed by atoms with E-state index in [9.17, 15) is 0 Å². The minimum absolute atomic E-state index is 1.16. The van der Waals surface area contributed by atoms with E-state index >= 15 is 0 Å². The summed E-state index contributed by atoms with van der Waals surface area (Å²) in [5.41, 5.74) is 0. The van der Waals surface area contributed by atoms with Crippen molar-refractivity contribution in [1.29, 1.82) is 0 Å². The van der Waals surface area contributed by atoms with Gasteiger partial charge in [0.15, 0.2) is 0 Å². The van der Waals surface area contributed by atoms with Crippen LogP contribution < -0.4 is 3.71 Å². The monoisotopic (exact) mass is 429 g/mol. The Bertz CT molecular complexity index is 386. The van der Waals surface area contributed by atoms with Crippen LogP contribution in [0, 0.1) is 0 Å². The second kappa shape index (κ2) is 11.8. The van der Waals surface area contributed by atoms with E-state index in [0.717, 1.165) is 5.75 Å². The van der Waals surface area contributed by atoms with Crippen molar-refractivity contribution < 1.29 is 0 Å². The molecule has 0 aliphatic rings. The zero-order valence-corrected chi connectivity index (χ0v) is 18.8. The van der Waals surface area contributed by atoms with Gasteiger partial charge in [-0.3, -0.25) is 0 Å². The molecule has 0 aliphatic carbocycles. The Morgan fingerprint density at radius 3 is 1.91 bits per heavy atom. The van der Waals surface area contributed by atoms with Crippen molar-refractivity contribution in [3.8, 4) is 0 Å². The molecule has 0 fully saturated rings. The molecule has 1 heterocycles. The van der Waals surface area contributed by atoms with Gasteiger partial charge in [0.25, 0.3) is 0 Å². The SMILES string of the molecule is CCC[CH2][Sn]([CH2]CCC)([CH2]CCC)[c]1ncccc1SCC. The van der Waals surface area contributed by atoms with E-state index in [4.69, 9.17) is 4.98 Å². The van der Waals surface area contributed by atoms with E-state index in [1.807, 2.05) is 11.8 Å². The first-order valence-corrected chi connectivity index (χ1v) is 17.8. The van der Waals surface area contributed by atoms with Gasteiger partial charge in [0.05, 0.1) is 0 Å². The van der Waals surface area contributed by atoms with Gasteiger partial charge in [-0.05, 0) is 0 Å². The van der Waals surface area contributed by atoms with E-state index < -0.39 is 18.4 Å². The molecule has 1 aromatic heterocycles. The molecule has 1 aromatic rings. The fourth-order valence-corrected chi connectivity index (χ4v) is 21.8. The third-order valence-corrected chi connectivity index (χ3v) is 21.3. The molecule has 3 heteroatoms. The maximum atomic E-state index is 5.00. The number of nitrogens with zero attached hydrogens (tertiary/aromatic N) is 1. The maximum absolute atomic E-state index is 5.00. The van der Waals surface area contributed by atoms with Gasteiger partial charge in [-0.15, -0.1) is 0 Å². The van der Waals surface area contributed by atoms with Crippen molar-refractivity contribution in [2.24, 2.45) is 0 Å². The van der Waals surface area contributed by atoms with Crippen LogP contribution in [0.3, 0.4) is 0 Å². The Labute approximate surface area is 147 Å². The van der Waals surface area contributed by atoms with Gasteiger partial charge in [-0.1, -0.05) is 0 Å². The van der Waals surface area contributed by atoms with Gasteiger partial charge < -0.3 is 0 Å². The average Bonchev–Trinajstić information content (AvgIpc) is 2.56. The summed E-state index contributed by atoms with van der Waals surface area (Å²) in [6.07, 6.45) is 10.3. The predicted molar refractivity (Wildman–Crippen MR) is 105 cm³/mol. The third-order valence-electron chi connectivity index (χ3n) is 4.60. The molecule has 0 aromatic carbocycles. The first kappa shape index (κ1) is 20.3. The first-order chi connectivity index (χ1) is 10.7. The van der Waals surface area contributed by atoms with Gasteiger partial charge >= 0.3 is 147 Å². The van der Waals surface area contributed by atoms with Gasteiger partial charge in [0, 0.05) is 0 Å². The molecular formula is C19H35NSSn. The first-order valence-electron chi connectivity index (χ1n) is 9.32. The van der Waals surface area contributed by atoms with E-state index in [1.165, 1.54) is 56.7 Å². The number of hydrogen-bond acceptors (Lipinski definition) is 2. The van der Waals surface area contributed by atoms with Crippen LogP contribution in [0.1, 0.15) is 66.2 Å². The zero-order chi connectivity index (χ0) is 16.3. The standard InChI is InChI=1S/C7H8NS.3C4H9.Sn/c1-2-9-7-4-3-5-8-6-7;3*1-3-4-2;/h3-5H,2H2,1H3;3*1,3-4H2,2H3;. The number of pyridine rings is 1. The van der Waals surface area contributed by atoms with Crippen molar-refractivity contribution in [3.05, 3.63) is 18.3 Å². The third kappa shape index (κ3) is 6.07. The number of aromatic nitrogens is 1. The Hall–Kier alpha value is 0.299. The molecule has 0 bridgehead atoms. The summed E-state index contributed by atoms with van der Waals surface area (Å²) >= 11 is -0.328. The van der Waals surface area contributed by atoms with Gasteiger partial charge in [-0.25, -0.2) is 0 Å². The molecule has 0 spiro atoms. The molecule has 0 amide bonds. The van der Waals surface area contributed by atoms with Gasteiger partial charge in [0.2, 0.25) is 0 Å². The van der Waals surface area contributed by atoms with Crippen molar-refractivity contribution in [2.75, 3.05) is 5.75 Å². The zero-order valence-electron chi connectivity index (χ0n) is 15.2. The van der Waals surface area contributed by atoms with E-state index in [0.29, 0.717) is 0 Å². The molecule has 0 saturated carbocycles. The van der Waals surface area contributed by atoms with Crippen molar-refractivity contribution >= 4 is 33.8 Å². The summed E-state index contributed by atoms with van der Waals surface area (Å²) in [7, 11) is 0. The molecule has 0 atom stereocenters. The second-order valence-electron chi connectivity index (χ2n) is 6.37. The molecular weight excluding hydrogens is 393 g/mol. The molecule has 1 nitrogen and oxygen atoms in total. The predicted octanol–water partition coefficient (Wildman–Crippen LogP) is 6.25. The molecule has 126 valence electrons. The average molecular weight is 428 g/mol.